The number of methoxy groups -OCH3 is 1. The molecule has 0 aliphatic heterocycles. The minimum atomic E-state index is -0.327. The minimum absolute atomic E-state index is 0.325. The number of hydrogen-bond donors (Lipinski definition) is 2. The summed E-state index contributed by atoms with van der Waals surface area (Å²) < 4.78 is 19.3. The van der Waals surface area contributed by atoms with Gasteiger partial charge < -0.3 is 10.1 Å². The van der Waals surface area contributed by atoms with Gasteiger partial charge in [-0.2, -0.15) is 5.10 Å². The molecule has 0 unspecified atom stereocenters. The molecule has 108 valence electrons. The number of aromatic nitrogens is 4. The lowest BCUT2D eigenvalue weighted by atomic mass is 10.1. The number of hydrogen-bond acceptors (Lipinski definition) is 5. The summed E-state index contributed by atoms with van der Waals surface area (Å²) in [5.74, 6) is 0.755. The number of ether oxygens (including phenoxy) is 1. The third kappa shape index (κ3) is 2.37. The maximum absolute atomic E-state index is 14.1. The number of anilines is 1. The van der Waals surface area contributed by atoms with Gasteiger partial charge in [-0.05, 0) is 19.1 Å². The molecule has 2 N–H and O–H groups in total. The van der Waals surface area contributed by atoms with Crippen molar-refractivity contribution in [2.45, 2.75) is 13.0 Å². The van der Waals surface area contributed by atoms with Crippen LogP contribution in [-0.4, -0.2) is 27.3 Å². The Labute approximate surface area is 120 Å². The van der Waals surface area contributed by atoms with Crippen molar-refractivity contribution in [3.05, 3.63) is 42.1 Å². The summed E-state index contributed by atoms with van der Waals surface area (Å²) in [4.78, 5) is 8.25. The first kappa shape index (κ1) is 13.3. The predicted octanol–water partition coefficient (Wildman–Crippen LogP) is 2.67. The maximum Gasteiger partial charge on any atom is 0.160 e. The Bertz CT molecular complexity index is 773. The number of fused-ring (bicyclic) bond motifs is 1. The number of benzene rings is 1. The Morgan fingerprint density at radius 1 is 1.33 bits per heavy atom. The van der Waals surface area contributed by atoms with Crippen molar-refractivity contribution in [2.75, 3.05) is 12.4 Å². The van der Waals surface area contributed by atoms with E-state index in [0.29, 0.717) is 22.8 Å². The second kappa shape index (κ2) is 5.35. The third-order valence-electron chi connectivity index (χ3n) is 3.27. The molecular formula is C14H14FN5O. The van der Waals surface area contributed by atoms with E-state index in [-0.39, 0.29) is 11.9 Å². The molecule has 2 heterocycles. The van der Waals surface area contributed by atoms with E-state index in [4.69, 9.17) is 4.74 Å². The first-order chi connectivity index (χ1) is 10.2. The summed E-state index contributed by atoms with van der Waals surface area (Å²) >= 11 is 0. The van der Waals surface area contributed by atoms with Crippen molar-refractivity contribution in [3.63, 3.8) is 0 Å². The molecule has 3 aromatic rings. The summed E-state index contributed by atoms with van der Waals surface area (Å²) in [6, 6.07) is 4.42. The molecule has 0 amide bonds. The standard InChI is InChI=1S/C14H14FN5O/c1-8(12-10(15)4-3-5-11(12)21-2)19-13-9-6-18-20-14(9)17-7-16-13/h3-8H,1-2H3,(H2,16,17,18,19,20)/t8-/m1/s1. The summed E-state index contributed by atoms with van der Waals surface area (Å²) in [5.41, 5.74) is 1.08. The number of nitrogens with one attached hydrogen (secondary N) is 2. The van der Waals surface area contributed by atoms with Crippen LogP contribution in [0, 0.1) is 5.82 Å². The molecule has 0 aliphatic rings. The second-order valence-corrected chi connectivity index (χ2v) is 4.58. The van der Waals surface area contributed by atoms with E-state index in [2.05, 4.69) is 25.5 Å². The van der Waals surface area contributed by atoms with Crippen LogP contribution >= 0.6 is 0 Å². The van der Waals surface area contributed by atoms with E-state index < -0.39 is 0 Å². The quantitative estimate of drug-likeness (QED) is 0.771. The zero-order valence-corrected chi connectivity index (χ0v) is 11.6. The molecule has 3 rings (SSSR count). The molecule has 1 aromatic carbocycles. The molecule has 1 atom stereocenters. The molecule has 0 radical (unpaired) electrons. The highest BCUT2D eigenvalue weighted by Gasteiger charge is 2.18. The lowest BCUT2D eigenvalue weighted by Gasteiger charge is -2.18. The average Bonchev–Trinajstić information content (AvgIpc) is 2.96. The first-order valence-corrected chi connectivity index (χ1v) is 6.43. The second-order valence-electron chi connectivity index (χ2n) is 4.58. The molecule has 2 aromatic heterocycles. The van der Waals surface area contributed by atoms with Gasteiger partial charge in [-0.25, -0.2) is 14.4 Å². The van der Waals surface area contributed by atoms with E-state index in [0.717, 1.165) is 5.39 Å². The highest BCUT2D eigenvalue weighted by atomic mass is 19.1. The Hall–Kier alpha value is -2.70. The van der Waals surface area contributed by atoms with E-state index in [1.807, 2.05) is 6.92 Å². The van der Waals surface area contributed by atoms with Crippen molar-refractivity contribution in [1.29, 1.82) is 0 Å². The Balaban J connectivity index is 1.97. The van der Waals surface area contributed by atoms with Crippen LogP contribution < -0.4 is 10.1 Å². The number of nitrogens with zero attached hydrogens (tertiary/aromatic N) is 3. The van der Waals surface area contributed by atoms with Crippen LogP contribution in [0.15, 0.2) is 30.7 Å². The Morgan fingerprint density at radius 3 is 3.00 bits per heavy atom. The molecule has 0 bridgehead atoms. The van der Waals surface area contributed by atoms with Crippen LogP contribution in [0.4, 0.5) is 10.2 Å². The first-order valence-electron chi connectivity index (χ1n) is 6.43. The molecule has 0 fully saturated rings. The summed E-state index contributed by atoms with van der Waals surface area (Å²) in [6.45, 7) is 1.84. The largest absolute Gasteiger partial charge is 0.496 e. The highest BCUT2D eigenvalue weighted by molar-refractivity contribution is 5.85. The number of rotatable bonds is 4. The van der Waals surface area contributed by atoms with Gasteiger partial charge in [-0.3, -0.25) is 5.10 Å². The number of halogens is 1. The fourth-order valence-corrected chi connectivity index (χ4v) is 2.27. The molecule has 0 spiro atoms. The molecule has 6 nitrogen and oxygen atoms in total. The molecule has 21 heavy (non-hydrogen) atoms. The van der Waals surface area contributed by atoms with E-state index in [1.165, 1.54) is 19.5 Å². The van der Waals surface area contributed by atoms with Crippen LogP contribution in [0.2, 0.25) is 0 Å². The van der Waals surface area contributed by atoms with Gasteiger partial charge in [-0.15, -0.1) is 0 Å². The Morgan fingerprint density at radius 2 is 2.19 bits per heavy atom. The molecule has 0 saturated carbocycles. The molecule has 7 heteroatoms. The van der Waals surface area contributed by atoms with Crippen LogP contribution in [0.1, 0.15) is 18.5 Å². The molecule has 0 saturated heterocycles. The molecular weight excluding hydrogens is 273 g/mol. The number of aromatic amines is 1. The predicted molar refractivity (Wildman–Crippen MR) is 76.7 cm³/mol. The summed E-state index contributed by atoms with van der Waals surface area (Å²) in [7, 11) is 1.52. The van der Waals surface area contributed by atoms with Gasteiger partial charge in [0, 0.05) is 0 Å². The Kier molecular flexibility index (Phi) is 3.39. The zero-order chi connectivity index (χ0) is 14.8. The van der Waals surface area contributed by atoms with Gasteiger partial charge >= 0.3 is 0 Å². The van der Waals surface area contributed by atoms with E-state index in [1.54, 1.807) is 18.3 Å². The lowest BCUT2D eigenvalue weighted by molar-refractivity contribution is 0.402. The maximum atomic E-state index is 14.1. The van der Waals surface area contributed by atoms with Crippen molar-refractivity contribution >= 4 is 16.9 Å². The van der Waals surface area contributed by atoms with Crippen molar-refractivity contribution in [3.8, 4) is 5.75 Å². The lowest BCUT2D eigenvalue weighted by Crippen LogP contribution is -2.11. The normalized spacial score (nSPS) is 12.3. The van der Waals surface area contributed by atoms with Gasteiger partial charge in [0.2, 0.25) is 0 Å². The highest BCUT2D eigenvalue weighted by Crippen LogP contribution is 2.30. The van der Waals surface area contributed by atoms with Crippen LogP contribution in [-0.2, 0) is 0 Å². The van der Waals surface area contributed by atoms with E-state index in [9.17, 15) is 4.39 Å². The summed E-state index contributed by atoms with van der Waals surface area (Å²) in [6.07, 6.45) is 3.05. The van der Waals surface area contributed by atoms with Crippen molar-refractivity contribution in [1.82, 2.24) is 20.2 Å². The van der Waals surface area contributed by atoms with Crippen molar-refractivity contribution in [2.24, 2.45) is 0 Å². The van der Waals surface area contributed by atoms with Gasteiger partial charge in [0.25, 0.3) is 0 Å². The zero-order valence-electron chi connectivity index (χ0n) is 11.6. The van der Waals surface area contributed by atoms with Crippen molar-refractivity contribution < 1.29 is 9.13 Å². The minimum Gasteiger partial charge on any atom is -0.496 e. The number of H-pyrrole nitrogens is 1. The fraction of sp³-hybridized carbons (Fsp3) is 0.214. The van der Waals surface area contributed by atoms with Gasteiger partial charge in [0.1, 0.15) is 23.7 Å². The summed E-state index contributed by atoms with van der Waals surface area (Å²) in [5, 5.41) is 10.6. The van der Waals surface area contributed by atoms with Gasteiger partial charge in [0.05, 0.1) is 30.3 Å². The van der Waals surface area contributed by atoms with Crippen LogP contribution in [0.25, 0.3) is 11.0 Å². The topological polar surface area (TPSA) is 75.7 Å². The monoisotopic (exact) mass is 287 g/mol. The fourth-order valence-electron chi connectivity index (χ4n) is 2.27. The van der Waals surface area contributed by atoms with Gasteiger partial charge in [0.15, 0.2) is 5.65 Å². The average molecular weight is 287 g/mol. The smallest absolute Gasteiger partial charge is 0.160 e. The van der Waals surface area contributed by atoms with Crippen LogP contribution in [0.3, 0.4) is 0 Å². The van der Waals surface area contributed by atoms with Crippen LogP contribution in [0.5, 0.6) is 5.75 Å². The SMILES string of the molecule is COc1cccc(F)c1[C@@H](C)Nc1ncnc2[nH]ncc12. The van der Waals surface area contributed by atoms with Gasteiger partial charge in [-0.1, -0.05) is 6.07 Å². The molecule has 0 aliphatic carbocycles. The third-order valence-corrected chi connectivity index (χ3v) is 3.27. The van der Waals surface area contributed by atoms with E-state index >= 15 is 0 Å².